The van der Waals surface area contributed by atoms with Crippen LogP contribution in [0, 0.1) is 0 Å². The fourth-order valence-corrected chi connectivity index (χ4v) is 5.19. The van der Waals surface area contributed by atoms with Crippen molar-refractivity contribution in [2.75, 3.05) is 6.54 Å². The summed E-state index contributed by atoms with van der Waals surface area (Å²) in [6.07, 6.45) is -141. The maximum Gasteiger partial charge on any atom is 0.514 e. The number of halogens is 47. The molecule has 0 saturated carbocycles. The minimum atomic E-state index is -10.2. The lowest BCUT2D eigenvalue weighted by molar-refractivity contribution is -0.608. The molecule has 0 spiro atoms. The highest BCUT2D eigenvalue weighted by atomic mass is 19.5. The number of alkyl halides is 47. The molecule has 0 heterocycles. The number of ether oxygens (including phenoxy) is 7. The van der Waals surface area contributed by atoms with Crippen LogP contribution in [0.25, 0.3) is 0 Å². The van der Waals surface area contributed by atoms with Crippen molar-refractivity contribution in [1.82, 2.24) is 5.48 Å². The number of hydrogen-bond acceptors (Lipinski definition) is 11. The summed E-state index contributed by atoms with van der Waals surface area (Å²) in [6, 6.07) is -1.18. The lowest BCUT2D eigenvalue weighted by Crippen LogP contribution is -2.73. The summed E-state index contributed by atoms with van der Waals surface area (Å²) >= 11 is 0. The smallest absolute Gasteiger partial charge is 0.422 e. The van der Waals surface area contributed by atoms with Gasteiger partial charge in [-0.15, -0.1) is 0 Å². The van der Waals surface area contributed by atoms with Gasteiger partial charge in [0.05, 0.1) is 0 Å². The van der Waals surface area contributed by atoms with E-state index in [-0.39, 0.29) is 18.2 Å². The lowest BCUT2D eigenvalue weighted by Gasteiger charge is -2.45. The van der Waals surface area contributed by atoms with Crippen LogP contribution >= 0.6 is 0 Å². The Morgan fingerprint density at radius 1 is 0.348 bits per heavy atom. The molecule has 0 radical (unpaired) electrons. The molecule has 12 nitrogen and oxygen atoms in total. The SMILES string of the molecule is NCCC(=O)NOB(O)c1ccccc1C(F)(OC(F)(F)C(F)(OC(F)(F)C(F)(OC(F)(F)C(F)(OC(F)(F)C(F)(OC(F)(F)C(F)(OC(F)(F)C(F)(OC(F)(F)C(F)(F)C(F)(F)F)C(F)(F)F)C(F)(F)F)C(F)(F)F)C(F)(F)F)C(F)(F)F)C(F)(F)F)C(F)(F)F. The first-order valence-electron chi connectivity index (χ1n) is 20.3. The van der Waals surface area contributed by atoms with Crippen molar-refractivity contribution in [3.05, 3.63) is 29.8 Å². The monoisotopic (exact) mass is 1490 g/mol. The molecular formula is C32H12BF47N2O10. The van der Waals surface area contributed by atoms with Gasteiger partial charge in [-0.1, -0.05) is 24.3 Å². The molecule has 0 aromatic heterocycles. The Labute approximate surface area is 466 Å². The number of carbonyl (C=O) groups is 1. The third kappa shape index (κ3) is 14.9. The summed E-state index contributed by atoms with van der Waals surface area (Å²) in [5.74, 6) is -76.8. The summed E-state index contributed by atoms with van der Waals surface area (Å²) in [5, 5.41) is 9.95. The predicted molar refractivity (Wildman–Crippen MR) is 178 cm³/mol. The van der Waals surface area contributed by atoms with E-state index < -0.39 is 182 Å². The van der Waals surface area contributed by atoms with E-state index in [0.717, 1.165) is 10.2 Å². The van der Waals surface area contributed by atoms with Gasteiger partial charge in [-0.3, -0.25) is 42.7 Å². The van der Waals surface area contributed by atoms with E-state index in [1.807, 2.05) is 4.74 Å². The van der Waals surface area contributed by atoms with Crippen LogP contribution in [0.4, 0.5) is 206 Å². The zero-order chi connectivity index (χ0) is 74.4. The van der Waals surface area contributed by atoms with Crippen molar-refractivity contribution < 1.29 is 254 Å². The van der Waals surface area contributed by atoms with E-state index in [2.05, 4.69) is 4.76 Å². The van der Waals surface area contributed by atoms with Crippen LogP contribution in [0.3, 0.4) is 0 Å². The highest BCUT2D eigenvalue weighted by molar-refractivity contribution is 6.60. The highest BCUT2D eigenvalue weighted by Crippen LogP contribution is 2.65. The van der Waals surface area contributed by atoms with Crippen LogP contribution in [0.15, 0.2) is 24.3 Å². The molecule has 0 aliphatic heterocycles. The summed E-state index contributed by atoms with van der Waals surface area (Å²) in [6.45, 7) is -0.732. The number of amides is 1. The van der Waals surface area contributed by atoms with Gasteiger partial charge in [0, 0.05) is 18.5 Å². The average Bonchev–Trinajstić information content (AvgIpc) is 0.716. The summed E-state index contributed by atoms with van der Waals surface area (Å²) in [4.78, 5) is 11.5. The highest BCUT2D eigenvalue weighted by Gasteiger charge is 2.93. The molecule has 1 aromatic carbocycles. The first kappa shape index (κ1) is 85.1. The Balaban J connectivity index is 4.42. The second-order valence-corrected chi connectivity index (χ2v) is 16.2. The van der Waals surface area contributed by atoms with E-state index >= 15 is 30.7 Å². The van der Waals surface area contributed by atoms with E-state index in [4.69, 9.17) is 5.73 Å². The molecule has 1 aromatic rings. The number of rotatable bonds is 27. The number of hydrogen-bond donors (Lipinski definition) is 3. The van der Waals surface area contributed by atoms with Gasteiger partial charge < -0.3 is 10.8 Å². The van der Waals surface area contributed by atoms with Crippen LogP contribution < -0.4 is 16.7 Å². The van der Waals surface area contributed by atoms with Crippen molar-refractivity contribution >= 4 is 18.5 Å². The molecule has 60 heteroatoms. The molecular weight excluding hydrogens is 1480 g/mol. The van der Waals surface area contributed by atoms with Gasteiger partial charge in [-0.25, -0.2) is 5.48 Å². The largest absolute Gasteiger partial charge is 0.514 e. The Morgan fingerprint density at radius 2 is 0.576 bits per heavy atom. The first-order chi connectivity index (χ1) is 39.6. The number of nitrogens with one attached hydrogen (secondary N) is 1. The summed E-state index contributed by atoms with van der Waals surface area (Å²) in [5.41, 5.74) is 0.322. The van der Waals surface area contributed by atoms with Gasteiger partial charge in [0.15, 0.2) is 0 Å². The zero-order valence-electron chi connectivity index (χ0n) is 40.3. The van der Waals surface area contributed by atoms with Crippen LogP contribution in [-0.4, -0.2) is 158 Å². The van der Waals surface area contributed by atoms with Crippen molar-refractivity contribution in [1.29, 1.82) is 0 Å². The van der Waals surface area contributed by atoms with Gasteiger partial charge >= 0.3 is 146 Å². The van der Waals surface area contributed by atoms with E-state index in [1.165, 1.54) is 0 Å². The quantitative estimate of drug-likeness (QED) is 0.0439. The van der Waals surface area contributed by atoms with Crippen LogP contribution in [0.2, 0.25) is 0 Å². The molecule has 92 heavy (non-hydrogen) atoms. The second kappa shape index (κ2) is 24.3. The van der Waals surface area contributed by atoms with Crippen molar-refractivity contribution in [2.45, 2.75) is 145 Å². The third-order valence-electron chi connectivity index (χ3n) is 9.63. The normalized spacial score (nSPS) is 19.8. The van der Waals surface area contributed by atoms with E-state index in [0.29, 0.717) is 23.7 Å². The predicted octanol–water partition coefficient (Wildman–Crippen LogP) is 13.3. The molecule has 4 N–H and O–H groups in total. The Bertz CT molecular complexity index is 2710. The zero-order valence-corrected chi connectivity index (χ0v) is 40.3. The van der Waals surface area contributed by atoms with Gasteiger partial charge in [0.1, 0.15) is 0 Å². The fraction of sp³-hybridized carbons (Fsp3) is 0.781. The second-order valence-electron chi connectivity index (χ2n) is 16.2. The number of hydroxylamine groups is 1. The molecule has 542 valence electrons. The maximum absolute atomic E-state index is 15.8. The van der Waals surface area contributed by atoms with Crippen LogP contribution in [0.5, 0.6) is 0 Å². The van der Waals surface area contributed by atoms with Gasteiger partial charge in [0.25, 0.3) is 0 Å². The van der Waals surface area contributed by atoms with E-state index in [1.54, 1.807) is 0 Å². The Morgan fingerprint density at radius 3 is 0.793 bits per heavy atom. The number of carbonyl (C=O) groups excluding carboxylic acids is 1. The molecule has 1 rings (SSSR count). The molecule has 0 aliphatic rings. The lowest BCUT2D eigenvalue weighted by atomic mass is 9.75. The molecule has 7 atom stereocenters. The Hall–Kier alpha value is -4.94. The maximum atomic E-state index is 15.8. The minimum Gasteiger partial charge on any atom is -0.422 e. The topological polar surface area (TPSA) is 149 Å². The molecule has 1 amide bonds. The first-order valence-corrected chi connectivity index (χ1v) is 20.3. The summed E-state index contributed by atoms with van der Waals surface area (Å²) in [7, 11) is -3.62. The molecule has 0 saturated heterocycles. The fourth-order valence-electron chi connectivity index (χ4n) is 5.19. The number of nitrogens with two attached hydrogens (primary N) is 1. The van der Waals surface area contributed by atoms with Gasteiger partial charge in [0.2, 0.25) is 5.91 Å². The number of benzene rings is 1. The van der Waals surface area contributed by atoms with Crippen molar-refractivity contribution in [3.63, 3.8) is 0 Å². The van der Waals surface area contributed by atoms with Crippen LogP contribution in [-0.2, 0) is 48.6 Å². The van der Waals surface area contributed by atoms with Crippen molar-refractivity contribution in [3.8, 4) is 0 Å². The van der Waals surface area contributed by atoms with Gasteiger partial charge in [-0.05, 0) is 5.46 Å². The van der Waals surface area contributed by atoms with Crippen molar-refractivity contribution in [2.24, 2.45) is 5.73 Å². The third-order valence-corrected chi connectivity index (χ3v) is 9.63. The Kier molecular flexibility index (Phi) is 22.5. The molecule has 0 fully saturated rings. The van der Waals surface area contributed by atoms with E-state index in [9.17, 15) is 185 Å². The van der Waals surface area contributed by atoms with Gasteiger partial charge in [-0.2, -0.15) is 206 Å². The van der Waals surface area contributed by atoms with Crippen LogP contribution in [0.1, 0.15) is 12.0 Å². The summed E-state index contributed by atoms with van der Waals surface area (Å²) < 4.78 is 672. The standard InChI is InChI=1S/C32H12BF47N2O10/c34-10(18(43,44)45,7-3-1-2-4-8(7)33(84)92-82-9(83)5-6-81)85-27(69,70)12(37,20(49,50)51)87-29(73,74)14(39,22(55,56)57)89-31(77,78)16(41,24(61,62)63)91-32(79,80)17(42,25(64,65)66)90-30(75,76)15(40,23(58,59)60)88-28(71,72)13(38,21(52,53)54)86-26(67,68)11(35,36)19(46,47)48/h1-4,84H,5-6,81H2,(H,82,83). The molecule has 7 unspecified atom stereocenters. The molecule has 0 aliphatic carbocycles. The minimum absolute atomic E-state index is 0.148. The molecule has 0 bridgehead atoms. The average molecular weight is 1490 g/mol.